The van der Waals surface area contributed by atoms with Crippen LogP contribution in [-0.2, 0) is 4.79 Å². The summed E-state index contributed by atoms with van der Waals surface area (Å²) in [7, 11) is 1.51. The zero-order chi connectivity index (χ0) is 23.8. The van der Waals surface area contributed by atoms with E-state index in [4.69, 9.17) is 9.47 Å². The van der Waals surface area contributed by atoms with Crippen LogP contribution in [0.25, 0.3) is 0 Å². The van der Waals surface area contributed by atoms with E-state index < -0.39 is 17.9 Å². The largest absolute Gasteiger partial charge is 0.493 e. The first kappa shape index (κ1) is 23.3. The number of carbonyl (C=O) groups is 3. The quantitative estimate of drug-likeness (QED) is 0.481. The van der Waals surface area contributed by atoms with Crippen LogP contribution < -0.4 is 25.6 Å². The number of hydrogen-bond donors (Lipinski definition) is 3. The molecule has 8 nitrogen and oxygen atoms in total. The Bertz CT molecular complexity index is 1140. The third-order valence-corrected chi connectivity index (χ3v) is 4.84. The van der Waals surface area contributed by atoms with Crippen LogP contribution in [0.1, 0.15) is 33.2 Å². The molecule has 1 unspecified atom stereocenters. The summed E-state index contributed by atoms with van der Waals surface area (Å²) >= 11 is 0. The molecule has 0 saturated heterocycles. The summed E-state index contributed by atoms with van der Waals surface area (Å²) in [6.45, 7) is 3.42. The number of aryl methyl sites for hydroxylation is 1. The average molecular weight is 447 g/mol. The van der Waals surface area contributed by atoms with Gasteiger partial charge in [-0.05, 0) is 61.9 Å². The molecule has 3 rings (SSSR count). The van der Waals surface area contributed by atoms with Crippen molar-refractivity contribution < 1.29 is 23.9 Å². The fraction of sp³-hybridized carbons (Fsp3) is 0.160. The molecule has 3 N–H and O–H groups in total. The van der Waals surface area contributed by atoms with Crippen LogP contribution in [0.2, 0.25) is 0 Å². The van der Waals surface area contributed by atoms with Crippen LogP contribution in [0.3, 0.4) is 0 Å². The zero-order valence-electron chi connectivity index (χ0n) is 18.5. The maximum absolute atomic E-state index is 12.4. The van der Waals surface area contributed by atoms with E-state index in [-0.39, 0.29) is 5.91 Å². The molecule has 0 heterocycles. The normalized spacial score (nSPS) is 11.1. The maximum atomic E-state index is 12.4. The molecule has 1 atom stereocenters. The highest BCUT2D eigenvalue weighted by Gasteiger charge is 2.18. The first-order valence-electron chi connectivity index (χ1n) is 10.3. The number of carbonyl (C=O) groups excluding carboxylic acids is 3. The van der Waals surface area contributed by atoms with Crippen molar-refractivity contribution >= 4 is 23.4 Å². The monoisotopic (exact) mass is 447 g/mol. The number of anilines is 1. The van der Waals surface area contributed by atoms with Crippen LogP contribution >= 0.6 is 0 Å². The Labute approximate surface area is 191 Å². The number of nitrogens with one attached hydrogen (secondary N) is 3. The van der Waals surface area contributed by atoms with Crippen molar-refractivity contribution in [3.63, 3.8) is 0 Å². The molecular formula is C25H25N3O5. The van der Waals surface area contributed by atoms with E-state index >= 15 is 0 Å². The van der Waals surface area contributed by atoms with Crippen LogP contribution in [0, 0.1) is 6.92 Å². The summed E-state index contributed by atoms with van der Waals surface area (Å²) in [5.74, 6) is -0.365. The van der Waals surface area contributed by atoms with Crippen LogP contribution in [0.15, 0.2) is 72.8 Å². The fourth-order valence-electron chi connectivity index (χ4n) is 2.98. The van der Waals surface area contributed by atoms with Crippen LogP contribution in [0.5, 0.6) is 11.5 Å². The lowest BCUT2D eigenvalue weighted by atomic mass is 10.1. The highest BCUT2D eigenvalue weighted by molar-refractivity contribution is 6.05. The second-order valence-electron chi connectivity index (χ2n) is 7.20. The Balaban J connectivity index is 1.52. The minimum atomic E-state index is -0.874. The minimum absolute atomic E-state index is 0.235. The molecule has 3 amide bonds. The van der Waals surface area contributed by atoms with Crippen molar-refractivity contribution in [3.8, 4) is 11.5 Å². The van der Waals surface area contributed by atoms with Crippen LogP contribution in [0.4, 0.5) is 5.69 Å². The van der Waals surface area contributed by atoms with Crippen LogP contribution in [-0.4, -0.2) is 30.9 Å². The van der Waals surface area contributed by atoms with Crippen molar-refractivity contribution in [1.29, 1.82) is 0 Å². The van der Waals surface area contributed by atoms with Crippen molar-refractivity contribution in [2.45, 2.75) is 20.0 Å². The Kier molecular flexibility index (Phi) is 7.64. The highest BCUT2D eigenvalue weighted by Crippen LogP contribution is 2.26. The van der Waals surface area contributed by atoms with Crippen molar-refractivity contribution in [3.05, 3.63) is 89.5 Å². The predicted octanol–water partition coefficient (Wildman–Crippen LogP) is 3.48. The van der Waals surface area contributed by atoms with Gasteiger partial charge in [-0.1, -0.05) is 30.3 Å². The predicted molar refractivity (Wildman–Crippen MR) is 124 cm³/mol. The van der Waals surface area contributed by atoms with Crippen molar-refractivity contribution in [2.75, 3.05) is 12.4 Å². The first-order valence-corrected chi connectivity index (χ1v) is 10.3. The summed E-state index contributed by atoms with van der Waals surface area (Å²) in [4.78, 5) is 37.0. The van der Waals surface area contributed by atoms with E-state index in [1.807, 2.05) is 19.1 Å². The molecule has 0 bridgehead atoms. The molecule has 0 aliphatic carbocycles. The molecule has 3 aromatic rings. The molecule has 8 heteroatoms. The van der Waals surface area contributed by atoms with E-state index in [1.165, 1.54) is 7.11 Å². The van der Waals surface area contributed by atoms with Crippen molar-refractivity contribution in [1.82, 2.24) is 10.9 Å². The second-order valence-corrected chi connectivity index (χ2v) is 7.20. The number of amides is 3. The average Bonchev–Trinajstić information content (AvgIpc) is 2.83. The van der Waals surface area contributed by atoms with E-state index in [1.54, 1.807) is 67.6 Å². The summed E-state index contributed by atoms with van der Waals surface area (Å²) in [6.07, 6.45) is -0.874. The van der Waals surface area contributed by atoms with E-state index in [9.17, 15) is 14.4 Å². The number of rotatable bonds is 7. The first-order chi connectivity index (χ1) is 15.9. The minimum Gasteiger partial charge on any atom is -0.493 e. The molecule has 170 valence electrons. The lowest BCUT2D eigenvalue weighted by Crippen LogP contribution is -2.47. The smallest absolute Gasteiger partial charge is 0.279 e. The topological polar surface area (TPSA) is 106 Å². The highest BCUT2D eigenvalue weighted by atomic mass is 16.5. The Morgan fingerprint density at radius 3 is 2.09 bits per heavy atom. The Morgan fingerprint density at radius 1 is 0.788 bits per heavy atom. The molecule has 3 aromatic carbocycles. The van der Waals surface area contributed by atoms with E-state index in [0.717, 1.165) is 5.56 Å². The molecule has 0 fully saturated rings. The lowest BCUT2D eigenvalue weighted by Gasteiger charge is -2.17. The Morgan fingerprint density at radius 2 is 1.42 bits per heavy atom. The van der Waals surface area contributed by atoms with E-state index in [2.05, 4.69) is 16.2 Å². The molecule has 0 aliphatic heterocycles. The lowest BCUT2D eigenvalue weighted by molar-refractivity contribution is -0.128. The molecule has 0 spiro atoms. The summed E-state index contributed by atoms with van der Waals surface area (Å²) < 4.78 is 10.8. The van der Waals surface area contributed by atoms with Gasteiger partial charge in [0.1, 0.15) is 0 Å². The number of benzene rings is 3. The van der Waals surface area contributed by atoms with Gasteiger partial charge in [0.15, 0.2) is 17.6 Å². The van der Waals surface area contributed by atoms with Gasteiger partial charge >= 0.3 is 0 Å². The van der Waals surface area contributed by atoms with Gasteiger partial charge in [0.25, 0.3) is 17.7 Å². The van der Waals surface area contributed by atoms with Gasteiger partial charge in [-0.3, -0.25) is 25.2 Å². The van der Waals surface area contributed by atoms with Crippen molar-refractivity contribution in [2.24, 2.45) is 0 Å². The van der Waals surface area contributed by atoms with Gasteiger partial charge in [-0.2, -0.15) is 0 Å². The summed E-state index contributed by atoms with van der Waals surface area (Å²) in [5.41, 5.74) is 6.98. The fourth-order valence-corrected chi connectivity index (χ4v) is 2.98. The summed E-state index contributed by atoms with van der Waals surface area (Å²) in [6, 6.07) is 20.5. The number of methoxy groups -OCH3 is 1. The molecule has 0 saturated carbocycles. The molecular weight excluding hydrogens is 422 g/mol. The van der Waals surface area contributed by atoms with Gasteiger partial charge in [0.05, 0.1) is 7.11 Å². The summed E-state index contributed by atoms with van der Waals surface area (Å²) in [5, 5.41) is 2.80. The number of hydrogen-bond acceptors (Lipinski definition) is 5. The zero-order valence-corrected chi connectivity index (χ0v) is 18.5. The van der Waals surface area contributed by atoms with Gasteiger partial charge in [0, 0.05) is 16.8 Å². The van der Waals surface area contributed by atoms with E-state index in [0.29, 0.717) is 28.3 Å². The second kappa shape index (κ2) is 10.8. The van der Waals surface area contributed by atoms with Gasteiger partial charge in [-0.15, -0.1) is 0 Å². The molecule has 0 aliphatic rings. The van der Waals surface area contributed by atoms with Gasteiger partial charge < -0.3 is 14.8 Å². The third kappa shape index (κ3) is 6.10. The molecule has 0 radical (unpaired) electrons. The number of hydrazine groups is 1. The Hall–Kier alpha value is -4.33. The SMILES string of the molecule is COc1ccccc1OC(C)C(=O)NNC(=O)c1ccc(NC(=O)c2ccccc2C)cc1. The number of para-hydroxylation sites is 2. The molecule has 0 aromatic heterocycles. The standard InChI is InChI=1S/C25H25N3O5/c1-16-8-4-5-9-20(16)25(31)26-19-14-12-18(13-15-19)24(30)28-27-23(29)17(2)33-22-11-7-6-10-21(22)32-3/h4-15,17H,1-3H3,(H,26,31)(H,27,29)(H,28,30). The number of ether oxygens (including phenoxy) is 2. The maximum Gasteiger partial charge on any atom is 0.279 e. The third-order valence-electron chi connectivity index (χ3n) is 4.84. The van der Waals surface area contributed by atoms with Gasteiger partial charge in [-0.25, -0.2) is 0 Å². The molecule has 33 heavy (non-hydrogen) atoms. The van der Waals surface area contributed by atoms with Gasteiger partial charge in [0.2, 0.25) is 0 Å².